The van der Waals surface area contributed by atoms with Crippen LogP contribution in [0, 0.1) is 0 Å². The third kappa shape index (κ3) is 8.81. The molecule has 82 heavy (non-hydrogen) atoms. The van der Waals surface area contributed by atoms with Crippen LogP contribution in [-0.2, 0) is 10.8 Å². The summed E-state index contributed by atoms with van der Waals surface area (Å²) >= 11 is 0. The van der Waals surface area contributed by atoms with E-state index in [-0.39, 0.29) is 0 Å². The van der Waals surface area contributed by atoms with Crippen LogP contribution in [0.25, 0.3) is 33.4 Å². The van der Waals surface area contributed by atoms with Crippen molar-refractivity contribution in [3.8, 4) is 33.4 Å². The number of fused-ring (bicyclic) bond motifs is 2. The lowest BCUT2D eigenvalue weighted by atomic mass is 9.74. The maximum absolute atomic E-state index is 2.50. The number of rotatable bonds is 8. The first-order chi connectivity index (χ1) is 40.2. The molecule has 4 nitrogen and oxygen atoms in total. The fourth-order valence-electron chi connectivity index (χ4n) is 12.7. The molecule has 0 unspecified atom stereocenters. The minimum Gasteiger partial charge on any atom is -0.310 e. The van der Waals surface area contributed by atoms with Crippen LogP contribution in [-0.4, -0.2) is 0 Å². The van der Waals surface area contributed by atoms with Crippen LogP contribution in [0.15, 0.2) is 303 Å². The van der Waals surface area contributed by atoms with E-state index < -0.39 is 10.8 Å². The van der Waals surface area contributed by atoms with E-state index in [4.69, 9.17) is 0 Å². The second kappa shape index (κ2) is 20.5. The van der Waals surface area contributed by atoms with Crippen LogP contribution < -0.4 is 19.6 Å². The fourth-order valence-corrected chi connectivity index (χ4v) is 12.7. The number of benzene rings is 12. The molecule has 0 atom stereocenters. The Morgan fingerprint density at radius 2 is 0.549 bits per heavy atom. The minimum atomic E-state index is -0.499. The fraction of sp³-hybridized carbons (Fsp3) is 0.0769. The zero-order chi connectivity index (χ0) is 55.4. The van der Waals surface area contributed by atoms with Gasteiger partial charge in [0, 0.05) is 67.7 Å². The highest BCUT2D eigenvalue weighted by Crippen LogP contribution is 2.54. The Bertz CT molecular complexity index is 3910. The Morgan fingerprint density at radius 1 is 0.244 bits per heavy atom. The van der Waals surface area contributed by atoms with Gasteiger partial charge in [-0.05, 0) is 189 Å². The van der Waals surface area contributed by atoms with E-state index in [1.165, 1.54) is 22.3 Å². The van der Waals surface area contributed by atoms with Crippen LogP contribution in [0.3, 0.4) is 0 Å². The molecular weight excluding hydrogens is 993 g/mol. The Balaban J connectivity index is 1.16. The molecule has 10 bridgehead atoms. The van der Waals surface area contributed by atoms with Gasteiger partial charge in [-0.15, -0.1) is 0 Å². The zero-order valence-electron chi connectivity index (χ0n) is 46.7. The normalized spacial score (nSPS) is 13.5. The second-order valence-electron chi connectivity index (χ2n) is 22.6. The van der Waals surface area contributed by atoms with Gasteiger partial charge in [0.1, 0.15) is 0 Å². The van der Waals surface area contributed by atoms with E-state index in [1.54, 1.807) is 0 Å². The van der Waals surface area contributed by atoms with Gasteiger partial charge in [-0.2, -0.15) is 0 Å². The smallest absolute Gasteiger partial charge is 0.0502 e. The molecule has 0 aliphatic carbocycles. The van der Waals surface area contributed by atoms with Crippen molar-refractivity contribution in [1.29, 1.82) is 0 Å². The molecule has 12 aromatic carbocycles. The van der Waals surface area contributed by atoms with Gasteiger partial charge in [0.25, 0.3) is 0 Å². The highest BCUT2D eigenvalue weighted by molar-refractivity contribution is 5.99. The van der Waals surface area contributed by atoms with Crippen molar-refractivity contribution in [2.24, 2.45) is 0 Å². The van der Waals surface area contributed by atoms with E-state index in [1.807, 2.05) is 0 Å². The van der Waals surface area contributed by atoms with Crippen molar-refractivity contribution in [2.75, 3.05) is 19.6 Å². The molecular formula is C78H62N4. The topological polar surface area (TPSA) is 13.0 Å². The molecule has 4 heterocycles. The molecule has 16 rings (SSSR count). The average Bonchev–Trinajstić information content (AvgIpc) is 3.56. The standard InChI is InChI=1S/C78H62N4/c1-77(2)57-43-45-69-70-46-44-58(52-72(70)56-48-66(80(61-31-15-7-16-32-61)62-33-17-8-18-34-62)53-67(50-56)81(63-35-19-9-20-36-63)75-41-25-23-39-73(75)77)78(3,4)74-40-24-26-42-76(74)82(64-37-21-10-22-38-64)68-49-55(71(69)51-57)47-65(54-68)79(59-27-11-5-12-28-59)60-29-13-6-14-30-60/h5-54H,1-4H3. The maximum Gasteiger partial charge on any atom is 0.0502 e. The average molecular weight is 1060 g/mol. The van der Waals surface area contributed by atoms with Gasteiger partial charge in [-0.3, -0.25) is 0 Å². The molecule has 0 N–H and O–H groups in total. The van der Waals surface area contributed by atoms with Crippen LogP contribution >= 0.6 is 0 Å². The lowest BCUT2D eigenvalue weighted by molar-refractivity contribution is 0.641. The summed E-state index contributed by atoms with van der Waals surface area (Å²) in [5.74, 6) is 0. The number of anilines is 12. The highest BCUT2D eigenvalue weighted by Gasteiger charge is 2.35. The SMILES string of the molecule is CC1(C)c2ccc3c(c2)-c2cc(N(c4ccccc4)c4ccccc4)cc(c2)N(c2ccccc2)c2ccccc2C(C)(C)c2ccc-3c(c2)-c2cc(N(c3ccccc3)c3ccccc3)cc(c2)N(c2ccccc2)c2ccccc21. The van der Waals surface area contributed by atoms with Gasteiger partial charge in [-0.25, -0.2) is 0 Å². The lowest BCUT2D eigenvalue weighted by Crippen LogP contribution is -2.24. The quantitative estimate of drug-likeness (QED) is 0.150. The molecule has 4 heteroatoms. The van der Waals surface area contributed by atoms with E-state index in [9.17, 15) is 0 Å². The Hall–Kier alpha value is -10.2. The Kier molecular flexibility index (Phi) is 12.5. The second-order valence-corrected chi connectivity index (χ2v) is 22.6. The Morgan fingerprint density at radius 3 is 0.890 bits per heavy atom. The Labute approximate surface area is 482 Å². The molecule has 0 fully saturated rings. The molecule has 394 valence electrons. The molecule has 0 amide bonds. The first kappa shape index (κ1) is 50.1. The summed E-state index contributed by atoms with van der Waals surface area (Å²) in [6.07, 6.45) is 0. The number of nitrogens with zero attached hydrogens (tertiary/aromatic N) is 4. The van der Waals surface area contributed by atoms with Gasteiger partial charge in [0.15, 0.2) is 0 Å². The van der Waals surface area contributed by atoms with Crippen LogP contribution in [0.2, 0.25) is 0 Å². The van der Waals surface area contributed by atoms with Crippen molar-refractivity contribution < 1.29 is 0 Å². The number of para-hydroxylation sites is 8. The number of hydrogen-bond acceptors (Lipinski definition) is 4. The lowest BCUT2D eigenvalue weighted by Gasteiger charge is -2.36. The van der Waals surface area contributed by atoms with Gasteiger partial charge < -0.3 is 19.6 Å². The summed E-state index contributed by atoms with van der Waals surface area (Å²) in [5.41, 5.74) is 23.5. The van der Waals surface area contributed by atoms with E-state index in [0.717, 1.165) is 102 Å². The molecule has 4 aliphatic heterocycles. The summed E-state index contributed by atoms with van der Waals surface area (Å²) in [6.45, 7) is 9.59. The maximum atomic E-state index is 2.50. The zero-order valence-corrected chi connectivity index (χ0v) is 46.7. The third-order valence-corrected chi connectivity index (χ3v) is 17.0. The van der Waals surface area contributed by atoms with Gasteiger partial charge in [-0.1, -0.05) is 198 Å². The van der Waals surface area contributed by atoms with Crippen molar-refractivity contribution in [2.45, 2.75) is 38.5 Å². The first-order valence-corrected chi connectivity index (χ1v) is 28.5. The van der Waals surface area contributed by atoms with E-state index in [0.29, 0.717) is 0 Å². The largest absolute Gasteiger partial charge is 0.310 e. The summed E-state index contributed by atoms with van der Waals surface area (Å²) in [6, 6.07) is 112. The predicted octanol–water partition coefficient (Wildman–Crippen LogP) is 21.8. The third-order valence-electron chi connectivity index (χ3n) is 17.0. The van der Waals surface area contributed by atoms with Crippen LogP contribution in [0.5, 0.6) is 0 Å². The van der Waals surface area contributed by atoms with Gasteiger partial charge in [0.05, 0.1) is 11.4 Å². The number of hydrogen-bond donors (Lipinski definition) is 0. The van der Waals surface area contributed by atoms with Crippen molar-refractivity contribution in [1.82, 2.24) is 0 Å². The molecule has 0 aromatic heterocycles. The van der Waals surface area contributed by atoms with E-state index in [2.05, 4.69) is 351 Å². The molecule has 0 radical (unpaired) electrons. The monoisotopic (exact) mass is 1050 g/mol. The molecule has 0 spiro atoms. The van der Waals surface area contributed by atoms with Crippen LogP contribution in [0.1, 0.15) is 49.9 Å². The minimum absolute atomic E-state index is 0.499. The summed E-state index contributed by atoms with van der Waals surface area (Å²) < 4.78 is 0. The highest BCUT2D eigenvalue weighted by atomic mass is 15.2. The van der Waals surface area contributed by atoms with Crippen LogP contribution in [0.4, 0.5) is 68.2 Å². The molecule has 0 saturated carbocycles. The summed E-state index contributed by atoms with van der Waals surface area (Å²) in [7, 11) is 0. The first-order valence-electron chi connectivity index (χ1n) is 28.5. The summed E-state index contributed by atoms with van der Waals surface area (Å²) in [4.78, 5) is 9.80. The molecule has 12 aromatic rings. The molecule has 0 saturated heterocycles. The molecule has 4 aliphatic rings. The van der Waals surface area contributed by atoms with E-state index >= 15 is 0 Å². The van der Waals surface area contributed by atoms with Gasteiger partial charge >= 0.3 is 0 Å². The predicted molar refractivity (Wildman–Crippen MR) is 346 cm³/mol. The van der Waals surface area contributed by atoms with Gasteiger partial charge in [0.2, 0.25) is 0 Å². The van der Waals surface area contributed by atoms with Crippen molar-refractivity contribution in [3.05, 3.63) is 326 Å². The summed E-state index contributed by atoms with van der Waals surface area (Å²) in [5, 5.41) is 0. The van der Waals surface area contributed by atoms with Crippen molar-refractivity contribution >= 4 is 68.2 Å². The van der Waals surface area contributed by atoms with Crippen molar-refractivity contribution in [3.63, 3.8) is 0 Å².